The average molecular weight is 308 g/mol. The average Bonchev–Trinajstić information content (AvgIpc) is 2.74. The molecule has 2 aliphatic heterocycles. The van der Waals surface area contributed by atoms with Crippen LogP contribution in [-0.4, -0.2) is 67.0 Å². The van der Waals surface area contributed by atoms with Crippen molar-refractivity contribution >= 4 is 11.9 Å². The number of nitrogens with one attached hydrogen (secondary N) is 2. The predicted octanol–water partition coefficient (Wildman–Crippen LogP) is 0.779. The van der Waals surface area contributed by atoms with Gasteiger partial charge in [0.1, 0.15) is 0 Å². The summed E-state index contributed by atoms with van der Waals surface area (Å²) >= 11 is 0. The standard InChI is InChI=1S/C16H28N4O2/c1-19(2)12-7-11(8-12)10-17-16(22)18-13-9-15(21)20-6-4-3-5-14(13)20/h11-14H,3-10H2,1-2H3,(H2,17,18,22). The van der Waals surface area contributed by atoms with Gasteiger partial charge in [-0.3, -0.25) is 4.79 Å². The summed E-state index contributed by atoms with van der Waals surface area (Å²) in [7, 11) is 4.21. The Morgan fingerprint density at radius 1 is 1.32 bits per heavy atom. The molecule has 0 aromatic carbocycles. The third-order valence-corrected chi connectivity index (χ3v) is 5.54. The molecule has 6 nitrogen and oxygen atoms in total. The fourth-order valence-corrected chi connectivity index (χ4v) is 4.02. The Labute approximate surface area is 132 Å². The quantitative estimate of drug-likeness (QED) is 0.807. The van der Waals surface area contributed by atoms with Crippen molar-refractivity contribution in [3.63, 3.8) is 0 Å². The molecule has 124 valence electrons. The van der Waals surface area contributed by atoms with Crippen molar-refractivity contribution in [1.29, 1.82) is 0 Å². The second kappa shape index (κ2) is 6.44. The fourth-order valence-electron chi connectivity index (χ4n) is 4.02. The van der Waals surface area contributed by atoms with Gasteiger partial charge in [0.15, 0.2) is 0 Å². The Kier molecular flexibility index (Phi) is 4.57. The number of carbonyl (C=O) groups is 2. The highest BCUT2D eigenvalue weighted by Gasteiger charge is 2.41. The highest BCUT2D eigenvalue weighted by atomic mass is 16.2. The number of hydrogen-bond donors (Lipinski definition) is 2. The first-order valence-electron chi connectivity index (χ1n) is 8.55. The first kappa shape index (κ1) is 15.6. The number of urea groups is 1. The van der Waals surface area contributed by atoms with Crippen LogP contribution in [0.5, 0.6) is 0 Å². The van der Waals surface area contributed by atoms with Crippen molar-refractivity contribution in [2.24, 2.45) is 5.92 Å². The van der Waals surface area contributed by atoms with Crippen molar-refractivity contribution in [1.82, 2.24) is 20.4 Å². The zero-order valence-electron chi connectivity index (χ0n) is 13.7. The van der Waals surface area contributed by atoms with E-state index in [2.05, 4.69) is 29.6 Å². The molecule has 0 spiro atoms. The monoisotopic (exact) mass is 308 g/mol. The Morgan fingerprint density at radius 3 is 2.82 bits per heavy atom. The van der Waals surface area contributed by atoms with E-state index in [1.165, 1.54) is 0 Å². The molecular weight excluding hydrogens is 280 g/mol. The van der Waals surface area contributed by atoms with Crippen LogP contribution in [0.4, 0.5) is 4.79 Å². The van der Waals surface area contributed by atoms with E-state index in [1.54, 1.807) is 0 Å². The number of carbonyl (C=O) groups excluding carboxylic acids is 2. The number of amides is 3. The second-order valence-electron chi connectivity index (χ2n) is 7.27. The molecule has 2 atom stereocenters. The molecule has 3 fully saturated rings. The van der Waals surface area contributed by atoms with Crippen LogP contribution in [0, 0.1) is 5.92 Å². The van der Waals surface area contributed by atoms with Crippen molar-refractivity contribution in [3.8, 4) is 0 Å². The van der Waals surface area contributed by atoms with Crippen molar-refractivity contribution in [2.75, 3.05) is 27.2 Å². The van der Waals surface area contributed by atoms with Gasteiger partial charge >= 0.3 is 6.03 Å². The minimum atomic E-state index is -0.112. The minimum Gasteiger partial charge on any atom is -0.338 e. The molecule has 3 amide bonds. The van der Waals surface area contributed by atoms with Gasteiger partial charge in [-0.15, -0.1) is 0 Å². The summed E-state index contributed by atoms with van der Waals surface area (Å²) in [4.78, 5) is 28.3. The first-order chi connectivity index (χ1) is 10.5. The van der Waals surface area contributed by atoms with Crippen LogP contribution in [0.3, 0.4) is 0 Å². The lowest BCUT2D eigenvalue weighted by molar-refractivity contribution is -0.129. The number of nitrogens with zero attached hydrogens (tertiary/aromatic N) is 2. The normalized spacial score (nSPS) is 34.3. The van der Waals surface area contributed by atoms with E-state index < -0.39 is 0 Å². The molecule has 0 aromatic rings. The van der Waals surface area contributed by atoms with Gasteiger partial charge in [0.05, 0.1) is 12.1 Å². The van der Waals surface area contributed by atoms with E-state index in [0.717, 1.165) is 45.2 Å². The Bertz CT molecular complexity index is 434. The largest absolute Gasteiger partial charge is 0.338 e. The van der Waals surface area contributed by atoms with E-state index in [1.807, 2.05) is 4.90 Å². The molecule has 0 radical (unpaired) electrons. The maximum absolute atomic E-state index is 12.1. The Balaban J connectivity index is 1.40. The summed E-state index contributed by atoms with van der Waals surface area (Å²) in [6.45, 7) is 1.60. The lowest BCUT2D eigenvalue weighted by Crippen LogP contribution is -2.51. The zero-order valence-corrected chi connectivity index (χ0v) is 13.7. The molecule has 2 N–H and O–H groups in total. The van der Waals surface area contributed by atoms with Crippen LogP contribution in [0.15, 0.2) is 0 Å². The molecule has 6 heteroatoms. The van der Waals surface area contributed by atoms with Crippen molar-refractivity contribution in [3.05, 3.63) is 0 Å². The Hall–Kier alpha value is -1.30. The van der Waals surface area contributed by atoms with Gasteiger partial charge < -0.3 is 20.4 Å². The maximum atomic E-state index is 12.1. The summed E-state index contributed by atoms with van der Waals surface area (Å²) in [5, 5.41) is 6.01. The molecule has 2 saturated heterocycles. The summed E-state index contributed by atoms with van der Waals surface area (Å²) in [6.07, 6.45) is 6.05. The van der Waals surface area contributed by atoms with Gasteiger partial charge in [-0.1, -0.05) is 0 Å². The Morgan fingerprint density at radius 2 is 2.09 bits per heavy atom. The van der Waals surface area contributed by atoms with Crippen LogP contribution in [-0.2, 0) is 4.79 Å². The molecule has 1 aliphatic carbocycles. The predicted molar refractivity (Wildman–Crippen MR) is 84.5 cm³/mol. The minimum absolute atomic E-state index is 0.0104. The van der Waals surface area contributed by atoms with Gasteiger partial charge in [0, 0.05) is 25.6 Å². The van der Waals surface area contributed by atoms with Crippen LogP contribution >= 0.6 is 0 Å². The van der Waals surface area contributed by atoms with Gasteiger partial charge in [0.25, 0.3) is 0 Å². The molecule has 1 saturated carbocycles. The molecule has 0 aromatic heterocycles. The smallest absolute Gasteiger partial charge is 0.315 e. The van der Waals surface area contributed by atoms with Gasteiger partial charge in [-0.05, 0) is 52.1 Å². The first-order valence-corrected chi connectivity index (χ1v) is 8.55. The summed E-state index contributed by atoms with van der Waals surface area (Å²) in [6, 6.07) is 0.758. The van der Waals surface area contributed by atoms with Crippen LogP contribution in [0.25, 0.3) is 0 Å². The topological polar surface area (TPSA) is 64.7 Å². The van der Waals surface area contributed by atoms with Gasteiger partial charge in [0.2, 0.25) is 5.91 Å². The summed E-state index contributed by atoms with van der Waals surface area (Å²) < 4.78 is 0. The van der Waals surface area contributed by atoms with Crippen LogP contribution < -0.4 is 10.6 Å². The molecule has 22 heavy (non-hydrogen) atoms. The van der Waals surface area contributed by atoms with Crippen LogP contribution in [0.2, 0.25) is 0 Å². The van der Waals surface area contributed by atoms with Crippen molar-refractivity contribution < 1.29 is 9.59 Å². The van der Waals surface area contributed by atoms with E-state index in [0.29, 0.717) is 18.4 Å². The highest BCUT2D eigenvalue weighted by Crippen LogP contribution is 2.30. The SMILES string of the molecule is CN(C)C1CC(CNC(=O)NC2CC(=O)N3CCCCC23)C1. The highest BCUT2D eigenvalue weighted by molar-refractivity contribution is 5.82. The van der Waals surface area contributed by atoms with E-state index in [-0.39, 0.29) is 24.0 Å². The third-order valence-electron chi connectivity index (χ3n) is 5.54. The zero-order chi connectivity index (χ0) is 15.7. The number of piperidine rings is 1. The third kappa shape index (κ3) is 3.21. The number of hydrogen-bond acceptors (Lipinski definition) is 3. The van der Waals surface area contributed by atoms with E-state index in [9.17, 15) is 9.59 Å². The summed E-state index contributed by atoms with van der Waals surface area (Å²) in [5.41, 5.74) is 0. The number of rotatable bonds is 4. The second-order valence-corrected chi connectivity index (χ2v) is 7.27. The lowest BCUT2D eigenvalue weighted by atomic mass is 9.79. The molecule has 3 rings (SSSR count). The van der Waals surface area contributed by atoms with E-state index in [4.69, 9.17) is 0 Å². The van der Waals surface area contributed by atoms with E-state index >= 15 is 0 Å². The lowest BCUT2D eigenvalue weighted by Gasteiger charge is -2.39. The van der Waals surface area contributed by atoms with Gasteiger partial charge in [-0.25, -0.2) is 4.79 Å². The fraction of sp³-hybridized carbons (Fsp3) is 0.875. The molecular formula is C16H28N4O2. The maximum Gasteiger partial charge on any atom is 0.315 e. The van der Waals surface area contributed by atoms with Crippen LogP contribution in [0.1, 0.15) is 38.5 Å². The molecule has 2 unspecified atom stereocenters. The summed E-state index contributed by atoms with van der Waals surface area (Å²) in [5.74, 6) is 0.789. The van der Waals surface area contributed by atoms with Gasteiger partial charge in [-0.2, -0.15) is 0 Å². The molecule has 2 heterocycles. The number of fused-ring (bicyclic) bond motifs is 1. The molecule has 3 aliphatic rings. The van der Waals surface area contributed by atoms with Crippen molar-refractivity contribution in [2.45, 2.75) is 56.7 Å². The molecule has 0 bridgehead atoms.